The molecule has 0 radical (unpaired) electrons. The highest BCUT2D eigenvalue weighted by Crippen LogP contribution is 2.75. The van der Waals surface area contributed by atoms with E-state index in [0.717, 1.165) is 23.5 Å². The standard InChI is InChI=1S/C39H20F6N2S2/c40-37(41)33-29-23-31(27-7-3-1-4-8-27)48-35(29,17-11-25-13-19-46-20-14-25)36(18-12-26-15-21-47-22-16-26)30(34(33)38(42,43)39(37,44)45)24-32(49-36)28-9-5-2-6-10-28/h1-10,13-16,19-24H. The Balaban J connectivity index is 1.53. The molecule has 1 fully saturated rings. The van der Waals surface area contributed by atoms with Crippen molar-refractivity contribution in [1.29, 1.82) is 0 Å². The number of thioether (sulfide) groups is 2. The monoisotopic (exact) mass is 694 g/mol. The fourth-order valence-electron chi connectivity index (χ4n) is 6.46. The first-order valence-electron chi connectivity index (χ1n) is 14.9. The molecule has 240 valence electrons. The maximum atomic E-state index is 16.2. The minimum atomic E-state index is -5.73. The second-order valence-electron chi connectivity index (χ2n) is 11.6. The molecular weight excluding hydrogens is 675 g/mol. The van der Waals surface area contributed by atoms with Gasteiger partial charge in [0.1, 0.15) is 9.49 Å². The second-order valence-corrected chi connectivity index (χ2v) is 14.1. The van der Waals surface area contributed by atoms with E-state index in [-0.39, 0.29) is 0 Å². The molecule has 0 saturated heterocycles. The van der Waals surface area contributed by atoms with Crippen LogP contribution in [0.3, 0.4) is 0 Å². The van der Waals surface area contributed by atoms with E-state index >= 15 is 26.3 Å². The van der Waals surface area contributed by atoms with Gasteiger partial charge in [-0.15, -0.1) is 0 Å². The molecule has 2 unspecified atom stereocenters. The summed E-state index contributed by atoms with van der Waals surface area (Å²) >= 11 is 2.12. The third kappa shape index (κ3) is 4.44. The van der Waals surface area contributed by atoms with Crippen LogP contribution in [0.15, 0.2) is 144 Å². The van der Waals surface area contributed by atoms with Crippen molar-refractivity contribution in [3.8, 4) is 23.7 Å². The summed E-state index contributed by atoms with van der Waals surface area (Å²) in [4.78, 5) is 8.84. The van der Waals surface area contributed by atoms with E-state index in [2.05, 4.69) is 33.6 Å². The normalized spacial score (nSPS) is 25.2. The van der Waals surface area contributed by atoms with Crippen molar-refractivity contribution in [3.05, 3.63) is 166 Å². The van der Waals surface area contributed by atoms with Crippen LogP contribution >= 0.6 is 23.5 Å². The third-order valence-electron chi connectivity index (χ3n) is 8.78. The molecule has 2 aromatic carbocycles. The molecule has 2 aromatic heterocycles. The lowest BCUT2D eigenvalue weighted by Crippen LogP contribution is -2.51. The Morgan fingerprint density at radius 1 is 0.490 bits per heavy atom. The zero-order valence-electron chi connectivity index (χ0n) is 25.0. The molecule has 2 atom stereocenters. The van der Waals surface area contributed by atoms with Crippen molar-refractivity contribution in [1.82, 2.24) is 9.97 Å². The van der Waals surface area contributed by atoms with Gasteiger partial charge < -0.3 is 0 Å². The maximum Gasteiger partial charge on any atom is 0.380 e. The van der Waals surface area contributed by atoms with Crippen LogP contribution in [0.1, 0.15) is 22.3 Å². The molecular formula is C39H20F6N2S2. The first-order valence-corrected chi connectivity index (χ1v) is 16.6. The van der Waals surface area contributed by atoms with Gasteiger partial charge in [-0.3, -0.25) is 9.97 Å². The van der Waals surface area contributed by atoms with Crippen molar-refractivity contribution in [3.63, 3.8) is 0 Å². The summed E-state index contributed by atoms with van der Waals surface area (Å²) in [5.41, 5.74) is -1.57. The van der Waals surface area contributed by atoms with Crippen molar-refractivity contribution in [2.75, 3.05) is 0 Å². The SMILES string of the molecule is FC1(F)C2=C3C=C(c4ccccc4)SC3(C#Cc3ccncc3)C3(C#Cc4ccncc4)SC(c4ccccc4)=CC3=C2C(F)(F)C1(F)F. The lowest BCUT2D eigenvalue weighted by Gasteiger charge is -2.45. The van der Waals surface area contributed by atoms with E-state index in [1.54, 1.807) is 84.9 Å². The molecule has 2 aliphatic carbocycles. The summed E-state index contributed by atoms with van der Waals surface area (Å²) in [7, 11) is 0. The molecule has 0 amide bonds. The number of aromatic nitrogens is 2. The first kappa shape index (κ1) is 31.4. The van der Waals surface area contributed by atoms with Crippen molar-refractivity contribution in [2.45, 2.75) is 27.3 Å². The minimum Gasteiger partial charge on any atom is -0.265 e. The number of fused-ring (bicyclic) bond motifs is 4. The number of nitrogens with zero attached hydrogens (tertiary/aromatic N) is 2. The highest BCUT2D eigenvalue weighted by molar-refractivity contribution is 8.14. The Labute approximate surface area is 286 Å². The quantitative estimate of drug-likeness (QED) is 0.154. The topological polar surface area (TPSA) is 25.8 Å². The predicted molar refractivity (Wildman–Crippen MR) is 181 cm³/mol. The molecule has 0 N–H and O–H groups in total. The summed E-state index contributed by atoms with van der Waals surface area (Å²) in [6.45, 7) is 0. The lowest BCUT2D eigenvalue weighted by atomic mass is 9.70. The van der Waals surface area contributed by atoms with Gasteiger partial charge >= 0.3 is 17.8 Å². The van der Waals surface area contributed by atoms with Crippen LogP contribution in [0.5, 0.6) is 0 Å². The molecule has 1 saturated carbocycles. The zero-order valence-corrected chi connectivity index (χ0v) is 26.7. The zero-order chi connectivity index (χ0) is 34.1. The fraction of sp³-hybridized carbons (Fsp3) is 0.128. The molecule has 49 heavy (non-hydrogen) atoms. The van der Waals surface area contributed by atoms with Crippen molar-refractivity contribution >= 4 is 33.3 Å². The van der Waals surface area contributed by atoms with Gasteiger partial charge in [0.05, 0.1) is 0 Å². The minimum absolute atomic E-state index is 0.404. The predicted octanol–water partition coefficient (Wildman–Crippen LogP) is 9.46. The largest absolute Gasteiger partial charge is 0.380 e. The summed E-state index contributed by atoms with van der Waals surface area (Å²) in [5.74, 6) is -3.72. The van der Waals surface area contributed by atoms with Gasteiger partial charge in [0, 0.05) is 56.9 Å². The number of alkyl halides is 6. The van der Waals surface area contributed by atoms with Gasteiger partial charge in [0.15, 0.2) is 0 Å². The summed E-state index contributed by atoms with van der Waals surface area (Å²) in [6.07, 6.45) is 8.65. The van der Waals surface area contributed by atoms with Crippen LogP contribution in [0, 0.1) is 23.7 Å². The Hall–Kier alpha value is -4.90. The molecule has 4 aliphatic rings. The molecule has 0 spiro atoms. The smallest absolute Gasteiger partial charge is 0.265 e. The highest BCUT2D eigenvalue weighted by Gasteiger charge is 2.85. The maximum absolute atomic E-state index is 16.2. The number of hydrogen-bond donors (Lipinski definition) is 0. The average molecular weight is 695 g/mol. The van der Waals surface area contributed by atoms with Crippen LogP contribution in [-0.2, 0) is 0 Å². The van der Waals surface area contributed by atoms with Crippen LogP contribution < -0.4 is 0 Å². The van der Waals surface area contributed by atoms with Gasteiger partial charge in [0.2, 0.25) is 0 Å². The Kier molecular flexibility index (Phi) is 7.08. The summed E-state index contributed by atoms with van der Waals surface area (Å²) < 4.78 is 92.3. The summed E-state index contributed by atoms with van der Waals surface area (Å²) in [5, 5.41) is 0. The third-order valence-corrected chi connectivity index (χ3v) is 11.9. The number of halogens is 6. The van der Waals surface area contributed by atoms with Gasteiger partial charge in [-0.1, -0.05) is 108 Å². The first-order chi connectivity index (χ1) is 23.5. The number of benzene rings is 2. The molecule has 10 heteroatoms. The van der Waals surface area contributed by atoms with E-state index in [1.807, 2.05) is 0 Å². The average Bonchev–Trinajstić information content (AvgIpc) is 3.74. The molecule has 8 rings (SSSR count). The molecule has 4 heterocycles. The Bertz CT molecular complexity index is 2100. The second kappa shape index (κ2) is 11.1. The van der Waals surface area contributed by atoms with E-state index < -0.39 is 49.6 Å². The van der Waals surface area contributed by atoms with E-state index in [1.165, 1.54) is 36.9 Å². The van der Waals surface area contributed by atoms with Gasteiger partial charge in [0.25, 0.3) is 0 Å². The van der Waals surface area contributed by atoms with E-state index in [0.29, 0.717) is 32.1 Å². The van der Waals surface area contributed by atoms with Crippen LogP contribution in [0.25, 0.3) is 9.81 Å². The van der Waals surface area contributed by atoms with Gasteiger partial charge in [-0.2, -0.15) is 26.3 Å². The van der Waals surface area contributed by atoms with E-state index in [9.17, 15) is 0 Å². The van der Waals surface area contributed by atoms with Crippen molar-refractivity contribution < 1.29 is 26.3 Å². The molecule has 2 nitrogen and oxygen atoms in total. The van der Waals surface area contributed by atoms with Crippen molar-refractivity contribution in [2.24, 2.45) is 0 Å². The molecule has 2 aliphatic heterocycles. The number of allylic oxidation sites excluding steroid dienone is 4. The number of pyridine rings is 2. The summed E-state index contributed by atoms with van der Waals surface area (Å²) in [6, 6.07) is 23.9. The molecule has 4 aromatic rings. The number of hydrogen-bond acceptors (Lipinski definition) is 4. The Morgan fingerprint density at radius 3 is 1.22 bits per heavy atom. The van der Waals surface area contributed by atoms with Crippen LogP contribution in [0.2, 0.25) is 0 Å². The lowest BCUT2D eigenvalue weighted by molar-refractivity contribution is -0.258. The van der Waals surface area contributed by atoms with E-state index in [4.69, 9.17) is 0 Å². The molecule has 0 bridgehead atoms. The Morgan fingerprint density at radius 2 is 0.857 bits per heavy atom. The fourth-order valence-corrected chi connectivity index (χ4v) is 9.58. The van der Waals surface area contributed by atoms with Crippen LogP contribution in [0.4, 0.5) is 26.3 Å². The van der Waals surface area contributed by atoms with Gasteiger partial charge in [-0.05, 0) is 58.7 Å². The van der Waals surface area contributed by atoms with Crippen LogP contribution in [-0.4, -0.2) is 37.2 Å². The highest BCUT2D eigenvalue weighted by atomic mass is 32.2. The van der Waals surface area contributed by atoms with Gasteiger partial charge in [-0.25, -0.2) is 0 Å². The number of rotatable bonds is 2.